The third-order valence-corrected chi connectivity index (χ3v) is 3.91. The molecular weight excluding hydrogens is 414 g/mol. The third-order valence-electron chi connectivity index (χ3n) is 3.69. The molecule has 0 atom stereocenters. The van der Waals surface area contributed by atoms with Crippen molar-refractivity contribution in [1.82, 2.24) is 4.98 Å². The molecule has 0 radical (unpaired) electrons. The number of aromatic nitrogens is 1. The Morgan fingerprint density at radius 3 is 2.17 bits per heavy atom. The number of carbonyl (C=O) groups is 2. The maximum atomic E-state index is 13.6. The van der Waals surface area contributed by atoms with Gasteiger partial charge in [-0.3, -0.25) is 9.59 Å². The average Bonchev–Trinajstić information content (AvgIpc) is 2.68. The van der Waals surface area contributed by atoms with Crippen LogP contribution < -0.4 is 10.6 Å². The van der Waals surface area contributed by atoms with E-state index < -0.39 is 40.6 Å². The zero-order valence-electron chi connectivity index (χ0n) is 14.3. The van der Waals surface area contributed by atoms with Crippen LogP contribution in [0.15, 0.2) is 48.7 Å². The Hall–Kier alpha value is -3.46. The van der Waals surface area contributed by atoms with Gasteiger partial charge in [0.1, 0.15) is 11.6 Å². The lowest BCUT2D eigenvalue weighted by Gasteiger charge is -2.12. The van der Waals surface area contributed by atoms with Gasteiger partial charge in [0.05, 0.1) is 16.3 Å². The van der Waals surface area contributed by atoms with Gasteiger partial charge in [0, 0.05) is 11.8 Å². The Morgan fingerprint density at radius 2 is 1.55 bits per heavy atom. The van der Waals surface area contributed by atoms with Crippen LogP contribution in [0.3, 0.4) is 0 Å². The normalized spacial score (nSPS) is 10.5. The number of amides is 2. The zero-order valence-corrected chi connectivity index (χ0v) is 15.0. The number of halogens is 5. The molecule has 0 aliphatic rings. The third kappa shape index (κ3) is 4.69. The number of nitrogens with one attached hydrogen (secondary N) is 2. The second-order valence-corrected chi connectivity index (χ2v) is 6.15. The summed E-state index contributed by atoms with van der Waals surface area (Å²) in [5.74, 6) is -7.33. The summed E-state index contributed by atoms with van der Waals surface area (Å²) >= 11 is 5.71. The predicted octanol–water partition coefficient (Wildman–Crippen LogP) is 4.80. The van der Waals surface area contributed by atoms with E-state index in [-0.39, 0.29) is 17.1 Å². The van der Waals surface area contributed by atoms with E-state index >= 15 is 0 Å². The molecule has 3 aromatic rings. The van der Waals surface area contributed by atoms with Gasteiger partial charge in [-0.05, 0) is 42.5 Å². The fraction of sp³-hybridized carbons (Fsp3) is 0. The Bertz CT molecular complexity index is 1080. The van der Waals surface area contributed by atoms with Crippen LogP contribution in [0, 0.1) is 23.3 Å². The van der Waals surface area contributed by atoms with Crippen LogP contribution in [0.5, 0.6) is 0 Å². The fourth-order valence-corrected chi connectivity index (χ4v) is 2.44. The SMILES string of the molecule is O=C(Nc1ccc(F)cc1C(=O)Nc1ccc(Cl)cn1)c1cc(F)c(F)c(F)c1. The van der Waals surface area contributed by atoms with Crippen molar-refractivity contribution in [3.63, 3.8) is 0 Å². The molecule has 0 saturated carbocycles. The second-order valence-electron chi connectivity index (χ2n) is 5.71. The van der Waals surface area contributed by atoms with Gasteiger partial charge in [-0.2, -0.15) is 0 Å². The molecule has 0 aliphatic carbocycles. The highest BCUT2D eigenvalue weighted by Gasteiger charge is 2.19. The lowest BCUT2D eigenvalue weighted by molar-refractivity contribution is 0.102. The molecule has 1 aromatic heterocycles. The number of rotatable bonds is 4. The molecule has 10 heteroatoms. The van der Waals surface area contributed by atoms with Crippen molar-refractivity contribution in [3.8, 4) is 0 Å². The van der Waals surface area contributed by atoms with Crippen LogP contribution in [0.1, 0.15) is 20.7 Å². The summed E-state index contributed by atoms with van der Waals surface area (Å²) in [5, 5.41) is 4.97. The molecule has 2 N–H and O–H groups in total. The number of anilines is 2. The van der Waals surface area contributed by atoms with Gasteiger partial charge in [0.15, 0.2) is 17.5 Å². The van der Waals surface area contributed by atoms with Crippen LogP contribution in [0.4, 0.5) is 29.1 Å². The first kappa shape index (κ1) is 20.3. The van der Waals surface area contributed by atoms with E-state index in [1.54, 1.807) is 0 Å². The van der Waals surface area contributed by atoms with Crippen molar-refractivity contribution >= 4 is 34.9 Å². The van der Waals surface area contributed by atoms with E-state index in [1.165, 1.54) is 18.3 Å². The van der Waals surface area contributed by atoms with Crippen molar-refractivity contribution < 1.29 is 27.2 Å². The fourth-order valence-electron chi connectivity index (χ4n) is 2.33. The molecule has 0 bridgehead atoms. The van der Waals surface area contributed by atoms with Gasteiger partial charge in [-0.1, -0.05) is 11.6 Å². The van der Waals surface area contributed by atoms with Crippen LogP contribution in [-0.2, 0) is 0 Å². The molecule has 1 heterocycles. The van der Waals surface area contributed by atoms with Crippen molar-refractivity contribution in [2.45, 2.75) is 0 Å². The van der Waals surface area contributed by atoms with Gasteiger partial charge in [-0.15, -0.1) is 0 Å². The highest BCUT2D eigenvalue weighted by atomic mass is 35.5. The minimum atomic E-state index is -1.72. The van der Waals surface area contributed by atoms with E-state index in [1.807, 2.05) is 0 Å². The van der Waals surface area contributed by atoms with Gasteiger partial charge in [0.2, 0.25) is 0 Å². The molecule has 0 unspecified atom stereocenters. The van der Waals surface area contributed by atoms with Crippen molar-refractivity contribution in [2.24, 2.45) is 0 Å². The summed E-state index contributed by atoms with van der Waals surface area (Å²) < 4.78 is 53.4. The molecule has 3 rings (SSSR count). The van der Waals surface area contributed by atoms with Gasteiger partial charge >= 0.3 is 0 Å². The Morgan fingerprint density at radius 1 is 0.862 bits per heavy atom. The number of pyridine rings is 1. The quantitative estimate of drug-likeness (QED) is 0.468. The highest BCUT2D eigenvalue weighted by Crippen LogP contribution is 2.21. The highest BCUT2D eigenvalue weighted by molar-refractivity contribution is 6.30. The predicted molar refractivity (Wildman–Crippen MR) is 97.9 cm³/mol. The number of nitrogens with zero attached hydrogens (tertiary/aromatic N) is 1. The number of benzene rings is 2. The standard InChI is InChI=1S/C19H10ClF4N3O2/c20-10-1-4-16(25-8-10)27-19(29)12-7-11(21)2-3-15(12)26-18(28)9-5-13(22)17(24)14(23)6-9/h1-8H,(H,26,28)(H,25,27,29). The first-order valence-corrected chi connectivity index (χ1v) is 8.31. The van der Waals surface area contributed by atoms with Crippen LogP contribution >= 0.6 is 11.6 Å². The van der Waals surface area contributed by atoms with E-state index in [0.717, 1.165) is 18.2 Å². The molecule has 29 heavy (non-hydrogen) atoms. The Balaban J connectivity index is 1.87. The number of hydrogen-bond acceptors (Lipinski definition) is 3. The second kappa shape index (κ2) is 8.27. The average molecular weight is 424 g/mol. The van der Waals surface area contributed by atoms with Gasteiger partial charge in [0.25, 0.3) is 11.8 Å². The molecule has 2 amide bonds. The van der Waals surface area contributed by atoms with E-state index in [0.29, 0.717) is 17.2 Å². The Labute approximate surface area is 166 Å². The van der Waals surface area contributed by atoms with Gasteiger partial charge < -0.3 is 10.6 Å². The smallest absolute Gasteiger partial charge is 0.259 e. The minimum Gasteiger partial charge on any atom is -0.321 e. The molecule has 148 valence electrons. The lowest BCUT2D eigenvalue weighted by Crippen LogP contribution is -2.19. The lowest BCUT2D eigenvalue weighted by atomic mass is 10.1. The largest absolute Gasteiger partial charge is 0.321 e. The van der Waals surface area contributed by atoms with Crippen molar-refractivity contribution in [3.05, 3.63) is 88.1 Å². The maximum Gasteiger partial charge on any atom is 0.259 e. The monoisotopic (exact) mass is 423 g/mol. The van der Waals surface area contributed by atoms with E-state index in [9.17, 15) is 27.2 Å². The molecular formula is C19H10ClF4N3O2. The molecule has 0 saturated heterocycles. The molecule has 0 aliphatic heterocycles. The van der Waals surface area contributed by atoms with Crippen molar-refractivity contribution in [1.29, 1.82) is 0 Å². The zero-order chi connectivity index (χ0) is 21.1. The van der Waals surface area contributed by atoms with Gasteiger partial charge in [-0.25, -0.2) is 22.5 Å². The topological polar surface area (TPSA) is 71.1 Å². The summed E-state index contributed by atoms with van der Waals surface area (Å²) in [6.45, 7) is 0. The molecule has 0 spiro atoms. The van der Waals surface area contributed by atoms with Crippen LogP contribution in [0.25, 0.3) is 0 Å². The molecule has 5 nitrogen and oxygen atoms in total. The molecule has 0 fully saturated rings. The van der Waals surface area contributed by atoms with Crippen LogP contribution in [-0.4, -0.2) is 16.8 Å². The van der Waals surface area contributed by atoms with Crippen LogP contribution in [0.2, 0.25) is 5.02 Å². The summed E-state index contributed by atoms with van der Waals surface area (Å²) in [6.07, 6.45) is 1.28. The maximum absolute atomic E-state index is 13.6. The summed E-state index contributed by atoms with van der Waals surface area (Å²) in [7, 11) is 0. The van der Waals surface area contributed by atoms with E-state index in [4.69, 9.17) is 11.6 Å². The van der Waals surface area contributed by atoms with Crippen molar-refractivity contribution in [2.75, 3.05) is 10.6 Å². The minimum absolute atomic E-state index is 0.114. The number of hydrogen-bond donors (Lipinski definition) is 2. The van der Waals surface area contributed by atoms with E-state index in [2.05, 4.69) is 15.6 Å². The first-order valence-electron chi connectivity index (χ1n) is 7.93. The summed E-state index contributed by atoms with van der Waals surface area (Å²) in [5.41, 5.74) is -0.956. The summed E-state index contributed by atoms with van der Waals surface area (Å²) in [4.78, 5) is 28.6. The summed E-state index contributed by atoms with van der Waals surface area (Å²) in [6, 6.07) is 6.78. The first-order chi connectivity index (χ1) is 13.7. The number of carbonyl (C=O) groups excluding carboxylic acids is 2. The Kier molecular flexibility index (Phi) is 5.79. The molecule has 2 aromatic carbocycles.